The summed E-state index contributed by atoms with van der Waals surface area (Å²) in [5.74, 6) is -0.281. The Morgan fingerprint density at radius 2 is 2.07 bits per heavy atom. The van der Waals surface area contributed by atoms with E-state index in [9.17, 15) is 18.0 Å². The number of amides is 1. The van der Waals surface area contributed by atoms with E-state index in [0.29, 0.717) is 28.4 Å². The van der Waals surface area contributed by atoms with Gasteiger partial charge in [-0.25, -0.2) is 14.8 Å². The summed E-state index contributed by atoms with van der Waals surface area (Å²) in [5, 5.41) is 11.4. The Bertz CT molecular complexity index is 1050. The molecule has 3 heterocycles. The summed E-state index contributed by atoms with van der Waals surface area (Å²) in [4.78, 5) is 22.7. The summed E-state index contributed by atoms with van der Waals surface area (Å²) < 4.78 is 40.4. The molecule has 0 aliphatic carbocycles. The Hall–Kier alpha value is -3.02. The number of hydrogen-bond acceptors (Lipinski definition) is 6. The van der Waals surface area contributed by atoms with Crippen molar-refractivity contribution in [3.05, 3.63) is 35.9 Å². The first-order valence-electron chi connectivity index (χ1n) is 7.88. The fraction of sp³-hybridized carbons (Fsp3) is 0.250. The molecule has 4 N–H and O–H groups in total. The molecule has 0 aromatic carbocycles. The first-order chi connectivity index (χ1) is 13.0. The monoisotopic (exact) mass is 412 g/mol. The van der Waals surface area contributed by atoms with Gasteiger partial charge in [0.1, 0.15) is 5.82 Å². The van der Waals surface area contributed by atoms with Gasteiger partial charge in [0.2, 0.25) is 0 Å². The largest absolute Gasteiger partial charge is 0.465 e. The number of carbonyl (C=O) groups is 1. The predicted molar refractivity (Wildman–Crippen MR) is 98.1 cm³/mol. The average Bonchev–Trinajstić information content (AvgIpc) is 2.88. The number of nitrogens with one attached hydrogen (secondary N) is 1. The number of thioether (sulfide) groups is 1. The third kappa shape index (κ3) is 4.11. The Balaban J connectivity index is 1.93. The zero-order valence-electron chi connectivity index (χ0n) is 14.7. The SMILES string of the molecule is CC(Sc1nc(N)cc(C(F)(F)F)n1)c1cc2c(NC(=O)O)cn(C)c2cn1. The van der Waals surface area contributed by atoms with Crippen molar-refractivity contribution < 1.29 is 23.1 Å². The molecule has 148 valence electrons. The molecular weight excluding hydrogens is 397 g/mol. The Morgan fingerprint density at radius 3 is 2.71 bits per heavy atom. The Labute approximate surface area is 161 Å². The molecule has 0 saturated heterocycles. The van der Waals surface area contributed by atoms with Crippen molar-refractivity contribution in [2.24, 2.45) is 7.05 Å². The highest BCUT2D eigenvalue weighted by atomic mass is 32.2. The van der Waals surface area contributed by atoms with Crippen molar-refractivity contribution in [2.45, 2.75) is 23.5 Å². The van der Waals surface area contributed by atoms with Crippen molar-refractivity contribution in [2.75, 3.05) is 11.1 Å². The standard InChI is InChI=1S/C16H15F3N6O2S/c1-7(28-14-23-12(16(17,18)19)4-13(20)24-14)9-3-8-10(22-15(26)27)6-25(2)11(8)5-21-9/h3-7,22H,1-2H3,(H,26,27)(H2,20,23,24). The number of anilines is 2. The van der Waals surface area contributed by atoms with Crippen LogP contribution in [-0.4, -0.2) is 30.7 Å². The van der Waals surface area contributed by atoms with Crippen LogP contribution in [0, 0.1) is 0 Å². The number of alkyl halides is 3. The van der Waals surface area contributed by atoms with Gasteiger partial charge in [0, 0.05) is 24.7 Å². The summed E-state index contributed by atoms with van der Waals surface area (Å²) in [6, 6.07) is 2.35. The molecule has 0 fully saturated rings. The number of nitrogens with zero attached hydrogens (tertiary/aromatic N) is 4. The van der Waals surface area contributed by atoms with Crippen LogP contribution in [0.15, 0.2) is 29.7 Å². The van der Waals surface area contributed by atoms with Gasteiger partial charge in [-0.15, -0.1) is 0 Å². The number of pyridine rings is 1. The highest BCUT2D eigenvalue weighted by molar-refractivity contribution is 7.99. The van der Waals surface area contributed by atoms with Crippen LogP contribution < -0.4 is 11.1 Å². The summed E-state index contributed by atoms with van der Waals surface area (Å²) in [7, 11) is 1.74. The molecule has 1 unspecified atom stereocenters. The second-order valence-electron chi connectivity index (χ2n) is 5.93. The first-order valence-corrected chi connectivity index (χ1v) is 8.76. The van der Waals surface area contributed by atoms with Gasteiger partial charge < -0.3 is 15.4 Å². The fourth-order valence-electron chi connectivity index (χ4n) is 2.59. The molecule has 0 aliphatic rings. The molecule has 3 rings (SSSR count). The lowest BCUT2D eigenvalue weighted by Gasteiger charge is -2.12. The number of fused-ring (bicyclic) bond motifs is 1. The fourth-order valence-corrected chi connectivity index (χ4v) is 3.47. The molecule has 0 spiro atoms. The van der Waals surface area contributed by atoms with Crippen molar-refractivity contribution in [1.29, 1.82) is 0 Å². The van der Waals surface area contributed by atoms with Gasteiger partial charge in [0.05, 0.1) is 28.3 Å². The molecular formula is C16H15F3N6O2S. The highest BCUT2D eigenvalue weighted by Gasteiger charge is 2.33. The van der Waals surface area contributed by atoms with E-state index in [1.54, 1.807) is 37.0 Å². The van der Waals surface area contributed by atoms with E-state index in [1.807, 2.05) is 0 Å². The van der Waals surface area contributed by atoms with Gasteiger partial charge in [-0.05, 0) is 13.0 Å². The van der Waals surface area contributed by atoms with Crippen LogP contribution in [0.5, 0.6) is 0 Å². The lowest BCUT2D eigenvalue weighted by atomic mass is 10.2. The zero-order valence-corrected chi connectivity index (χ0v) is 15.5. The van der Waals surface area contributed by atoms with Gasteiger partial charge in [-0.3, -0.25) is 10.3 Å². The van der Waals surface area contributed by atoms with Crippen LogP contribution in [-0.2, 0) is 13.2 Å². The van der Waals surface area contributed by atoms with E-state index < -0.39 is 23.2 Å². The van der Waals surface area contributed by atoms with Crippen LogP contribution in [0.3, 0.4) is 0 Å². The van der Waals surface area contributed by atoms with Crippen LogP contribution in [0.1, 0.15) is 23.6 Å². The molecule has 0 aliphatic heterocycles. The van der Waals surface area contributed by atoms with E-state index in [2.05, 4.69) is 20.3 Å². The Kier molecular flexibility index (Phi) is 5.06. The molecule has 3 aromatic heterocycles. The van der Waals surface area contributed by atoms with Crippen molar-refractivity contribution in [1.82, 2.24) is 19.5 Å². The molecule has 1 amide bonds. The summed E-state index contributed by atoms with van der Waals surface area (Å²) in [6.07, 6.45) is -2.66. The van der Waals surface area contributed by atoms with E-state index in [1.165, 1.54) is 0 Å². The molecule has 8 nitrogen and oxygen atoms in total. The first kappa shape index (κ1) is 19.7. The van der Waals surface area contributed by atoms with Crippen molar-refractivity contribution in [3.8, 4) is 0 Å². The third-order valence-corrected chi connectivity index (χ3v) is 4.84. The smallest absolute Gasteiger partial charge is 0.433 e. The quantitative estimate of drug-likeness (QED) is 0.439. The van der Waals surface area contributed by atoms with Gasteiger partial charge in [0.25, 0.3) is 0 Å². The molecule has 0 radical (unpaired) electrons. The third-order valence-electron chi connectivity index (χ3n) is 3.85. The van der Waals surface area contributed by atoms with Crippen LogP contribution in [0.2, 0.25) is 0 Å². The number of nitrogens with two attached hydrogens (primary N) is 1. The number of carboxylic acid groups (broad SMARTS) is 1. The second-order valence-corrected chi connectivity index (χ2v) is 7.24. The van der Waals surface area contributed by atoms with Gasteiger partial charge in [-0.1, -0.05) is 11.8 Å². The summed E-state index contributed by atoms with van der Waals surface area (Å²) in [6.45, 7) is 1.73. The van der Waals surface area contributed by atoms with Crippen molar-refractivity contribution in [3.63, 3.8) is 0 Å². The predicted octanol–water partition coefficient (Wildman–Crippen LogP) is 3.91. The van der Waals surface area contributed by atoms with E-state index in [-0.39, 0.29) is 11.0 Å². The van der Waals surface area contributed by atoms with E-state index in [0.717, 1.165) is 11.8 Å². The van der Waals surface area contributed by atoms with Gasteiger partial charge in [0.15, 0.2) is 10.9 Å². The Morgan fingerprint density at radius 1 is 1.36 bits per heavy atom. The molecule has 3 aromatic rings. The minimum Gasteiger partial charge on any atom is -0.465 e. The minimum absolute atomic E-state index is 0.126. The zero-order chi connectivity index (χ0) is 20.6. The summed E-state index contributed by atoms with van der Waals surface area (Å²) >= 11 is 0.968. The average molecular weight is 412 g/mol. The van der Waals surface area contributed by atoms with Crippen LogP contribution >= 0.6 is 11.8 Å². The number of aromatic nitrogens is 4. The molecule has 1 atom stereocenters. The second kappa shape index (κ2) is 7.19. The van der Waals surface area contributed by atoms with Gasteiger partial charge in [-0.2, -0.15) is 13.2 Å². The number of hydrogen-bond donors (Lipinski definition) is 3. The maximum absolute atomic E-state index is 12.9. The molecule has 0 saturated carbocycles. The lowest BCUT2D eigenvalue weighted by Crippen LogP contribution is -2.11. The number of nitrogen functional groups attached to an aromatic ring is 1. The normalized spacial score (nSPS) is 12.9. The van der Waals surface area contributed by atoms with Crippen LogP contribution in [0.25, 0.3) is 10.9 Å². The maximum Gasteiger partial charge on any atom is 0.433 e. The maximum atomic E-state index is 12.9. The van der Waals surface area contributed by atoms with E-state index >= 15 is 0 Å². The number of halogens is 3. The number of aryl methyl sites for hydroxylation is 1. The highest BCUT2D eigenvalue weighted by Crippen LogP contribution is 2.36. The molecule has 0 bridgehead atoms. The number of rotatable bonds is 4. The van der Waals surface area contributed by atoms with Crippen molar-refractivity contribution >= 4 is 40.3 Å². The summed E-state index contributed by atoms with van der Waals surface area (Å²) in [5.41, 5.74) is 5.95. The molecule has 12 heteroatoms. The minimum atomic E-state index is -4.63. The van der Waals surface area contributed by atoms with E-state index in [4.69, 9.17) is 10.8 Å². The topological polar surface area (TPSA) is 119 Å². The van der Waals surface area contributed by atoms with Crippen LogP contribution in [0.4, 0.5) is 29.5 Å². The lowest BCUT2D eigenvalue weighted by molar-refractivity contribution is -0.141. The van der Waals surface area contributed by atoms with Gasteiger partial charge >= 0.3 is 12.3 Å². The molecule has 28 heavy (non-hydrogen) atoms.